The summed E-state index contributed by atoms with van der Waals surface area (Å²) in [6.45, 7) is 4.46. The molecule has 90 valence electrons. The molecule has 0 atom stereocenters. The molecular formula is C13H20ClNS. The van der Waals surface area contributed by atoms with E-state index >= 15 is 0 Å². The molecule has 0 amide bonds. The van der Waals surface area contributed by atoms with Crippen molar-refractivity contribution in [1.82, 2.24) is 5.32 Å². The van der Waals surface area contributed by atoms with Crippen LogP contribution in [0.2, 0.25) is 5.02 Å². The number of hydrogen-bond donors (Lipinski definition) is 1. The predicted octanol–water partition coefficient (Wildman–Crippen LogP) is 4.21. The van der Waals surface area contributed by atoms with Crippen molar-refractivity contribution >= 4 is 23.4 Å². The van der Waals surface area contributed by atoms with Crippen LogP contribution in [-0.4, -0.2) is 18.8 Å². The van der Waals surface area contributed by atoms with Crippen molar-refractivity contribution in [2.45, 2.75) is 31.1 Å². The van der Waals surface area contributed by atoms with Gasteiger partial charge in [-0.3, -0.25) is 0 Å². The normalized spacial score (nSPS) is 10.6. The monoisotopic (exact) mass is 257 g/mol. The first kappa shape index (κ1) is 13.9. The lowest BCUT2D eigenvalue weighted by atomic mass is 10.2. The fourth-order valence-electron chi connectivity index (χ4n) is 1.40. The Morgan fingerprint density at radius 2 is 1.88 bits per heavy atom. The van der Waals surface area contributed by atoms with E-state index in [4.69, 9.17) is 11.6 Å². The Kier molecular flexibility index (Phi) is 7.73. The summed E-state index contributed by atoms with van der Waals surface area (Å²) in [5, 5.41) is 4.26. The van der Waals surface area contributed by atoms with Gasteiger partial charge < -0.3 is 5.32 Å². The summed E-state index contributed by atoms with van der Waals surface area (Å²) in [7, 11) is 0. The number of rotatable bonds is 8. The van der Waals surface area contributed by atoms with Crippen LogP contribution in [-0.2, 0) is 0 Å². The molecule has 1 nitrogen and oxygen atoms in total. The molecule has 0 aliphatic heterocycles. The summed E-state index contributed by atoms with van der Waals surface area (Å²) in [6.07, 6.45) is 3.92. The third-order valence-corrected chi connectivity index (χ3v) is 3.58. The summed E-state index contributed by atoms with van der Waals surface area (Å²) >= 11 is 7.69. The number of thioether (sulfide) groups is 1. The maximum atomic E-state index is 5.82. The van der Waals surface area contributed by atoms with E-state index in [2.05, 4.69) is 24.4 Å². The number of hydrogen-bond acceptors (Lipinski definition) is 2. The highest BCUT2D eigenvalue weighted by atomic mass is 35.5. The minimum absolute atomic E-state index is 0.807. The second-order valence-electron chi connectivity index (χ2n) is 3.76. The highest BCUT2D eigenvalue weighted by Gasteiger charge is 1.94. The molecule has 0 aliphatic carbocycles. The molecule has 0 saturated carbocycles. The van der Waals surface area contributed by atoms with Crippen LogP contribution in [0.4, 0.5) is 0 Å². The Morgan fingerprint density at radius 1 is 1.12 bits per heavy atom. The molecule has 0 heterocycles. The van der Waals surface area contributed by atoms with Gasteiger partial charge in [-0.25, -0.2) is 0 Å². The Bertz CT molecular complexity index is 274. The minimum Gasteiger partial charge on any atom is -0.316 e. The van der Waals surface area contributed by atoms with E-state index in [1.165, 1.54) is 24.2 Å². The second-order valence-corrected chi connectivity index (χ2v) is 5.36. The van der Waals surface area contributed by atoms with Gasteiger partial charge in [-0.2, -0.15) is 0 Å². The van der Waals surface area contributed by atoms with Crippen molar-refractivity contribution in [3.05, 3.63) is 29.3 Å². The molecule has 1 rings (SSSR count). The summed E-state index contributed by atoms with van der Waals surface area (Å²) in [5.74, 6) is 1.12. The van der Waals surface area contributed by atoms with E-state index in [0.29, 0.717) is 0 Å². The third kappa shape index (κ3) is 6.41. The van der Waals surface area contributed by atoms with Gasteiger partial charge in [0.15, 0.2) is 0 Å². The molecule has 1 aromatic carbocycles. The topological polar surface area (TPSA) is 12.0 Å². The third-order valence-electron chi connectivity index (χ3n) is 2.32. The van der Waals surface area contributed by atoms with Gasteiger partial charge in [0.1, 0.15) is 0 Å². The van der Waals surface area contributed by atoms with Crippen LogP contribution < -0.4 is 5.32 Å². The number of unbranched alkanes of at least 4 members (excludes halogenated alkanes) is 2. The van der Waals surface area contributed by atoms with E-state index in [0.717, 1.165) is 23.9 Å². The Morgan fingerprint density at radius 3 is 2.56 bits per heavy atom. The SMILES string of the molecule is CCCCCNCCSc1ccc(Cl)cc1. The largest absolute Gasteiger partial charge is 0.316 e. The lowest BCUT2D eigenvalue weighted by Crippen LogP contribution is -2.18. The molecule has 0 spiro atoms. The van der Waals surface area contributed by atoms with Gasteiger partial charge >= 0.3 is 0 Å². The highest BCUT2D eigenvalue weighted by molar-refractivity contribution is 7.99. The maximum Gasteiger partial charge on any atom is 0.0406 e. The summed E-state index contributed by atoms with van der Waals surface area (Å²) < 4.78 is 0. The van der Waals surface area contributed by atoms with Crippen LogP contribution in [0.3, 0.4) is 0 Å². The van der Waals surface area contributed by atoms with Crippen molar-refractivity contribution in [3.8, 4) is 0 Å². The Balaban J connectivity index is 2.01. The summed E-state index contributed by atoms with van der Waals surface area (Å²) in [4.78, 5) is 1.29. The van der Waals surface area contributed by atoms with Gasteiger partial charge in [-0.1, -0.05) is 31.4 Å². The Hall–Kier alpha value is -0.180. The summed E-state index contributed by atoms with van der Waals surface area (Å²) in [5.41, 5.74) is 0. The maximum absolute atomic E-state index is 5.82. The van der Waals surface area contributed by atoms with Crippen molar-refractivity contribution in [2.24, 2.45) is 0 Å². The van der Waals surface area contributed by atoms with Crippen LogP contribution >= 0.6 is 23.4 Å². The zero-order chi connectivity index (χ0) is 11.6. The number of benzene rings is 1. The molecule has 3 heteroatoms. The smallest absolute Gasteiger partial charge is 0.0406 e. The lowest BCUT2D eigenvalue weighted by Gasteiger charge is -2.04. The fraction of sp³-hybridized carbons (Fsp3) is 0.538. The molecule has 0 unspecified atom stereocenters. The number of nitrogens with one attached hydrogen (secondary N) is 1. The van der Waals surface area contributed by atoms with E-state index in [1.54, 1.807) is 0 Å². The van der Waals surface area contributed by atoms with Gasteiger partial charge in [-0.05, 0) is 37.2 Å². The first-order valence-electron chi connectivity index (χ1n) is 5.92. The van der Waals surface area contributed by atoms with Gasteiger partial charge in [0.2, 0.25) is 0 Å². The van der Waals surface area contributed by atoms with Gasteiger partial charge in [0, 0.05) is 22.2 Å². The molecule has 0 radical (unpaired) electrons. The Labute approximate surface area is 108 Å². The van der Waals surface area contributed by atoms with Crippen LogP contribution in [0.25, 0.3) is 0 Å². The van der Waals surface area contributed by atoms with E-state index < -0.39 is 0 Å². The van der Waals surface area contributed by atoms with Gasteiger partial charge in [0.25, 0.3) is 0 Å². The molecular weight excluding hydrogens is 238 g/mol. The molecule has 16 heavy (non-hydrogen) atoms. The zero-order valence-corrected chi connectivity index (χ0v) is 11.4. The van der Waals surface area contributed by atoms with E-state index in [-0.39, 0.29) is 0 Å². The highest BCUT2D eigenvalue weighted by Crippen LogP contribution is 2.19. The van der Waals surface area contributed by atoms with Crippen molar-refractivity contribution in [3.63, 3.8) is 0 Å². The standard InChI is InChI=1S/C13H20ClNS/c1-2-3-4-9-15-10-11-16-13-7-5-12(14)6-8-13/h5-8,15H,2-4,9-11H2,1H3. The van der Waals surface area contributed by atoms with Crippen molar-refractivity contribution in [2.75, 3.05) is 18.8 Å². The summed E-state index contributed by atoms with van der Waals surface area (Å²) in [6, 6.07) is 8.03. The van der Waals surface area contributed by atoms with Crippen LogP contribution in [0, 0.1) is 0 Å². The molecule has 0 saturated heterocycles. The average molecular weight is 258 g/mol. The zero-order valence-electron chi connectivity index (χ0n) is 9.84. The predicted molar refractivity (Wildman–Crippen MR) is 74.6 cm³/mol. The van der Waals surface area contributed by atoms with Crippen LogP contribution in [0.1, 0.15) is 26.2 Å². The van der Waals surface area contributed by atoms with E-state index in [9.17, 15) is 0 Å². The van der Waals surface area contributed by atoms with Gasteiger partial charge in [0.05, 0.1) is 0 Å². The molecule has 0 aromatic heterocycles. The quantitative estimate of drug-likeness (QED) is 0.553. The first-order chi connectivity index (χ1) is 7.83. The fourth-order valence-corrected chi connectivity index (χ4v) is 2.33. The second kappa shape index (κ2) is 8.91. The molecule has 0 bridgehead atoms. The molecule has 1 aromatic rings. The van der Waals surface area contributed by atoms with Gasteiger partial charge in [-0.15, -0.1) is 11.8 Å². The average Bonchev–Trinajstić information content (AvgIpc) is 2.30. The van der Waals surface area contributed by atoms with Crippen molar-refractivity contribution < 1.29 is 0 Å². The van der Waals surface area contributed by atoms with Crippen LogP contribution in [0.15, 0.2) is 29.2 Å². The number of halogens is 1. The van der Waals surface area contributed by atoms with E-state index in [1.807, 2.05) is 23.9 Å². The van der Waals surface area contributed by atoms with Crippen LogP contribution in [0.5, 0.6) is 0 Å². The molecule has 1 N–H and O–H groups in total. The minimum atomic E-state index is 0.807. The molecule has 0 aliphatic rings. The van der Waals surface area contributed by atoms with Crippen molar-refractivity contribution in [1.29, 1.82) is 0 Å². The first-order valence-corrected chi connectivity index (χ1v) is 7.28. The lowest BCUT2D eigenvalue weighted by molar-refractivity contribution is 0.636. The molecule has 0 fully saturated rings.